The summed E-state index contributed by atoms with van der Waals surface area (Å²) in [5.74, 6) is 0.768. The molecule has 0 aliphatic heterocycles. The number of hydrogen-bond acceptors (Lipinski definition) is 2. The van der Waals surface area contributed by atoms with Crippen LogP contribution < -0.4 is 5.32 Å². The van der Waals surface area contributed by atoms with Gasteiger partial charge in [-0.3, -0.25) is 4.79 Å². The van der Waals surface area contributed by atoms with Crippen molar-refractivity contribution in [1.29, 1.82) is 0 Å². The number of rotatable bonds is 6. The highest BCUT2D eigenvalue weighted by molar-refractivity contribution is 6.30. The molecule has 0 aliphatic carbocycles. The van der Waals surface area contributed by atoms with Gasteiger partial charge in [0.15, 0.2) is 5.78 Å². The summed E-state index contributed by atoms with van der Waals surface area (Å²) >= 11 is 5.88. The van der Waals surface area contributed by atoms with Crippen molar-refractivity contribution >= 4 is 17.4 Å². The fraction of sp³-hybridized carbons (Fsp3) is 0.588. The Morgan fingerprint density at radius 1 is 1.20 bits per heavy atom. The van der Waals surface area contributed by atoms with Gasteiger partial charge in [-0.25, -0.2) is 0 Å². The molecule has 0 fully saturated rings. The number of carbonyl (C=O) groups excluding carboxylic acids is 1. The second kappa shape index (κ2) is 7.24. The number of carbonyl (C=O) groups is 1. The lowest BCUT2D eigenvalue weighted by molar-refractivity contribution is -0.128. The number of benzene rings is 1. The first-order valence-electron chi connectivity index (χ1n) is 7.22. The summed E-state index contributed by atoms with van der Waals surface area (Å²) < 4.78 is 0. The van der Waals surface area contributed by atoms with Crippen LogP contribution in [0.25, 0.3) is 0 Å². The Morgan fingerprint density at radius 3 is 2.20 bits per heavy atom. The zero-order valence-corrected chi connectivity index (χ0v) is 13.9. The molecule has 20 heavy (non-hydrogen) atoms. The van der Waals surface area contributed by atoms with E-state index in [2.05, 4.69) is 19.2 Å². The SMILES string of the molecule is CC(C)C[C@@H](NCc1ccc(Cl)cc1)C(=O)C(C)(C)C. The van der Waals surface area contributed by atoms with E-state index in [-0.39, 0.29) is 17.2 Å². The Hall–Kier alpha value is -0.860. The summed E-state index contributed by atoms with van der Waals surface area (Å²) in [7, 11) is 0. The summed E-state index contributed by atoms with van der Waals surface area (Å²) in [6.45, 7) is 10.9. The van der Waals surface area contributed by atoms with Crippen molar-refractivity contribution in [3.63, 3.8) is 0 Å². The van der Waals surface area contributed by atoms with Gasteiger partial charge in [0.25, 0.3) is 0 Å². The third-order valence-corrected chi connectivity index (χ3v) is 3.48. The molecule has 0 spiro atoms. The Morgan fingerprint density at radius 2 is 1.75 bits per heavy atom. The van der Waals surface area contributed by atoms with Crippen LogP contribution in [0.2, 0.25) is 5.02 Å². The maximum Gasteiger partial charge on any atom is 0.155 e. The summed E-state index contributed by atoms with van der Waals surface area (Å²) in [6.07, 6.45) is 0.865. The van der Waals surface area contributed by atoms with Crippen molar-refractivity contribution in [3.05, 3.63) is 34.9 Å². The van der Waals surface area contributed by atoms with Gasteiger partial charge in [-0.2, -0.15) is 0 Å². The molecule has 1 rings (SSSR count). The van der Waals surface area contributed by atoms with Gasteiger partial charge in [0.05, 0.1) is 6.04 Å². The van der Waals surface area contributed by atoms with Gasteiger partial charge in [-0.1, -0.05) is 58.4 Å². The topological polar surface area (TPSA) is 29.1 Å². The molecule has 1 aromatic rings. The van der Waals surface area contributed by atoms with Crippen molar-refractivity contribution in [2.24, 2.45) is 11.3 Å². The molecule has 0 saturated heterocycles. The van der Waals surface area contributed by atoms with Crippen LogP contribution in [0.5, 0.6) is 0 Å². The van der Waals surface area contributed by atoms with Crippen LogP contribution in [-0.2, 0) is 11.3 Å². The molecule has 0 aromatic heterocycles. The molecule has 1 atom stereocenters. The predicted molar refractivity (Wildman–Crippen MR) is 86.0 cm³/mol. The molecule has 0 bridgehead atoms. The Labute approximate surface area is 127 Å². The lowest BCUT2D eigenvalue weighted by atomic mass is 9.83. The van der Waals surface area contributed by atoms with Crippen LogP contribution in [0.4, 0.5) is 0 Å². The van der Waals surface area contributed by atoms with E-state index in [0.717, 1.165) is 17.0 Å². The maximum atomic E-state index is 12.5. The highest BCUT2D eigenvalue weighted by atomic mass is 35.5. The molecule has 112 valence electrons. The first-order chi connectivity index (χ1) is 9.20. The van der Waals surface area contributed by atoms with Crippen LogP contribution >= 0.6 is 11.6 Å². The molecule has 0 heterocycles. The first-order valence-corrected chi connectivity index (χ1v) is 7.60. The summed E-state index contributed by atoms with van der Waals surface area (Å²) in [5, 5.41) is 4.14. The fourth-order valence-electron chi connectivity index (χ4n) is 2.12. The molecule has 3 heteroatoms. The van der Waals surface area contributed by atoms with Crippen molar-refractivity contribution in [2.45, 2.75) is 53.6 Å². The third kappa shape index (κ3) is 5.64. The van der Waals surface area contributed by atoms with E-state index in [0.29, 0.717) is 12.5 Å². The highest BCUT2D eigenvalue weighted by Gasteiger charge is 2.29. The van der Waals surface area contributed by atoms with Gasteiger partial charge < -0.3 is 5.32 Å². The molecule has 0 amide bonds. The smallest absolute Gasteiger partial charge is 0.155 e. The van der Waals surface area contributed by atoms with E-state index in [1.54, 1.807) is 0 Å². The predicted octanol–water partition coefficient (Wildman–Crippen LogP) is 4.46. The van der Waals surface area contributed by atoms with Gasteiger partial charge in [0.1, 0.15) is 0 Å². The van der Waals surface area contributed by atoms with Crippen LogP contribution in [0, 0.1) is 11.3 Å². The van der Waals surface area contributed by atoms with Crippen LogP contribution in [0.3, 0.4) is 0 Å². The van der Waals surface area contributed by atoms with Crippen molar-refractivity contribution in [1.82, 2.24) is 5.32 Å². The monoisotopic (exact) mass is 295 g/mol. The normalized spacial score (nSPS) is 13.6. The number of nitrogens with one attached hydrogen (secondary N) is 1. The maximum absolute atomic E-state index is 12.5. The van der Waals surface area contributed by atoms with Crippen molar-refractivity contribution in [2.75, 3.05) is 0 Å². The summed E-state index contributed by atoms with van der Waals surface area (Å²) in [5.41, 5.74) is 0.830. The van der Waals surface area contributed by atoms with E-state index in [1.807, 2.05) is 45.0 Å². The van der Waals surface area contributed by atoms with Gasteiger partial charge in [0.2, 0.25) is 0 Å². The molecular formula is C17H26ClNO. The minimum atomic E-state index is -0.313. The Kier molecular flexibility index (Phi) is 6.22. The van der Waals surface area contributed by atoms with E-state index in [1.165, 1.54) is 0 Å². The average Bonchev–Trinajstić information content (AvgIpc) is 2.34. The number of halogens is 1. The second-order valence-corrected chi connectivity index (χ2v) is 7.24. The van der Waals surface area contributed by atoms with Crippen molar-refractivity contribution < 1.29 is 4.79 Å². The van der Waals surface area contributed by atoms with Crippen LogP contribution in [0.15, 0.2) is 24.3 Å². The van der Waals surface area contributed by atoms with E-state index < -0.39 is 0 Å². The van der Waals surface area contributed by atoms with Gasteiger partial charge in [-0.05, 0) is 30.0 Å². The largest absolute Gasteiger partial charge is 0.303 e. The highest BCUT2D eigenvalue weighted by Crippen LogP contribution is 2.20. The summed E-state index contributed by atoms with van der Waals surface area (Å²) in [6, 6.07) is 7.64. The fourth-order valence-corrected chi connectivity index (χ4v) is 2.25. The minimum Gasteiger partial charge on any atom is -0.303 e. The van der Waals surface area contributed by atoms with Crippen molar-refractivity contribution in [3.8, 4) is 0 Å². The third-order valence-electron chi connectivity index (χ3n) is 3.23. The van der Waals surface area contributed by atoms with Gasteiger partial charge in [0, 0.05) is 17.0 Å². The number of ketones is 1. The zero-order valence-electron chi connectivity index (χ0n) is 13.2. The zero-order chi connectivity index (χ0) is 15.3. The lowest BCUT2D eigenvalue weighted by Crippen LogP contribution is -2.43. The Bertz CT molecular complexity index is 431. The minimum absolute atomic E-state index is 0.0920. The molecule has 0 aliphatic rings. The molecule has 1 aromatic carbocycles. The van der Waals surface area contributed by atoms with E-state index in [4.69, 9.17) is 11.6 Å². The lowest BCUT2D eigenvalue weighted by Gasteiger charge is -2.27. The van der Waals surface area contributed by atoms with Crippen LogP contribution in [-0.4, -0.2) is 11.8 Å². The Balaban J connectivity index is 2.70. The number of hydrogen-bond donors (Lipinski definition) is 1. The molecule has 0 radical (unpaired) electrons. The first kappa shape index (κ1) is 17.2. The van der Waals surface area contributed by atoms with E-state index in [9.17, 15) is 4.79 Å². The second-order valence-electron chi connectivity index (χ2n) is 6.80. The van der Waals surface area contributed by atoms with Crippen LogP contribution in [0.1, 0.15) is 46.6 Å². The molecular weight excluding hydrogens is 270 g/mol. The van der Waals surface area contributed by atoms with Gasteiger partial charge >= 0.3 is 0 Å². The average molecular weight is 296 g/mol. The molecule has 1 N–H and O–H groups in total. The molecule has 0 unspecified atom stereocenters. The molecule has 0 saturated carbocycles. The quantitative estimate of drug-likeness (QED) is 0.839. The summed E-state index contributed by atoms with van der Waals surface area (Å²) in [4.78, 5) is 12.5. The standard InChI is InChI=1S/C17H26ClNO/c1-12(2)10-15(16(20)17(3,4)5)19-11-13-6-8-14(18)9-7-13/h6-9,12,15,19H,10-11H2,1-5H3/t15-/m1/s1. The molecule has 2 nitrogen and oxygen atoms in total. The van der Waals surface area contributed by atoms with E-state index >= 15 is 0 Å². The number of Topliss-reactive ketones (excluding diaryl/α,β-unsaturated/α-hetero) is 1. The van der Waals surface area contributed by atoms with Gasteiger partial charge in [-0.15, -0.1) is 0 Å².